The van der Waals surface area contributed by atoms with Gasteiger partial charge >= 0.3 is 5.97 Å². The largest absolute Gasteiger partial charge is 0.480 e. The van der Waals surface area contributed by atoms with Crippen molar-refractivity contribution in [3.63, 3.8) is 0 Å². The van der Waals surface area contributed by atoms with Crippen LogP contribution in [-0.4, -0.2) is 59.0 Å². The van der Waals surface area contributed by atoms with Crippen LogP contribution in [0, 0.1) is 0 Å². The van der Waals surface area contributed by atoms with E-state index in [1.807, 2.05) is 82.6 Å². The van der Waals surface area contributed by atoms with Gasteiger partial charge in [0.1, 0.15) is 6.04 Å². The number of fused-ring (bicyclic) bond motifs is 1. The maximum Gasteiger partial charge on any atom is 0.321 e. The van der Waals surface area contributed by atoms with Crippen molar-refractivity contribution in [3.05, 3.63) is 83.9 Å². The van der Waals surface area contributed by atoms with Gasteiger partial charge in [-0.2, -0.15) is 0 Å². The molecule has 1 unspecified atom stereocenters. The number of hydrogen-bond acceptors (Lipinski definition) is 3. The van der Waals surface area contributed by atoms with Crippen molar-refractivity contribution in [2.24, 2.45) is 0 Å². The topological polar surface area (TPSA) is 60.9 Å². The summed E-state index contributed by atoms with van der Waals surface area (Å²) in [5, 5.41) is 11.9. The van der Waals surface area contributed by atoms with Crippen LogP contribution in [-0.2, 0) is 11.2 Å². The Balaban J connectivity index is 1.42. The fourth-order valence-corrected chi connectivity index (χ4v) is 3.95. The molecule has 3 aromatic carbocycles. The quantitative estimate of drug-likeness (QED) is 0.729. The Morgan fingerprint density at radius 2 is 1.48 bits per heavy atom. The smallest absolute Gasteiger partial charge is 0.321 e. The molecule has 3 aromatic rings. The first-order valence-corrected chi connectivity index (χ1v) is 9.91. The Morgan fingerprint density at radius 1 is 0.828 bits per heavy atom. The van der Waals surface area contributed by atoms with E-state index in [9.17, 15) is 14.7 Å². The van der Waals surface area contributed by atoms with Crippen molar-refractivity contribution in [1.82, 2.24) is 9.80 Å². The maximum atomic E-state index is 12.9. The zero-order chi connectivity index (χ0) is 20.2. The predicted molar refractivity (Wildman–Crippen MR) is 113 cm³/mol. The Hall–Kier alpha value is -3.18. The van der Waals surface area contributed by atoms with Crippen molar-refractivity contribution in [3.8, 4) is 0 Å². The highest BCUT2D eigenvalue weighted by Gasteiger charge is 2.30. The van der Waals surface area contributed by atoms with Crippen LogP contribution in [0.4, 0.5) is 0 Å². The van der Waals surface area contributed by atoms with Gasteiger partial charge in [-0.25, -0.2) is 0 Å². The molecule has 1 fully saturated rings. The van der Waals surface area contributed by atoms with Crippen molar-refractivity contribution in [2.75, 3.05) is 26.2 Å². The average molecular weight is 388 g/mol. The lowest BCUT2D eigenvalue weighted by molar-refractivity contribution is -0.143. The molecule has 0 radical (unpaired) electrons. The summed E-state index contributed by atoms with van der Waals surface area (Å²) in [6.07, 6.45) is 0.467. The highest BCUT2D eigenvalue weighted by Crippen LogP contribution is 2.19. The SMILES string of the molecule is O=C(O)C(Cc1ccccc1)N1CCN(C(=O)c2ccc3ccccc3c2)CC1. The van der Waals surface area contributed by atoms with Crippen LogP contribution in [0.15, 0.2) is 72.8 Å². The molecular weight excluding hydrogens is 364 g/mol. The van der Waals surface area contributed by atoms with Gasteiger partial charge in [-0.05, 0) is 34.9 Å². The minimum absolute atomic E-state index is 0.00494. The molecule has 148 valence electrons. The maximum absolute atomic E-state index is 12.9. The first-order chi connectivity index (χ1) is 14.1. The fraction of sp³-hybridized carbons (Fsp3) is 0.250. The third-order valence-electron chi connectivity index (χ3n) is 5.60. The fourth-order valence-electron chi connectivity index (χ4n) is 3.95. The van der Waals surface area contributed by atoms with Crippen molar-refractivity contribution >= 4 is 22.6 Å². The molecule has 1 saturated heterocycles. The summed E-state index contributed by atoms with van der Waals surface area (Å²) in [4.78, 5) is 28.6. The number of hydrogen-bond donors (Lipinski definition) is 1. The van der Waals surface area contributed by atoms with Crippen LogP contribution < -0.4 is 0 Å². The van der Waals surface area contributed by atoms with Gasteiger partial charge in [-0.1, -0.05) is 60.7 Å². The molecule has 0 bridgehead atoms. The Labute approximate surface area is 170 Å². The first-order valence-electron chi connectivity index (χ1n) is 9.91. The number of piperazine rings is 1. The lowest BCUT2D eigenvalue weighted by Gasteiger charge is -2.37. The van der Waals surface area contributed by atoms with Crippen LogP contribution in [0.25, 0.3) is 10.8 Å². The minimum Gasteiger partial charge on any atom is -0.480 e. The van der Waals surface area contributed by atoms with E-state index in [4.69, 9.17) is 0 Å². The van der Waals surface area contributed by atoms with Crippen LogP contribution in [0.2, 0.25) is 0 Å². The number of carboxylic acid groups (broad SMARTS) is 1. The van der Waals surface area contributed by atoms with Gasteiger partial charge in [0.15, 0.2) is 0 Å². The highest BCUT2D eigenvalue weighted by molar-refractivity contribution is 5.98. The molecule has 0 aliphatic carbocycles. The monoisotopic (exact) mass is 388 g/mol. The molecular formula is C24H24N2O3. The zero-order valence-corrected chi connectivity index (χ0v) is 16.2. The second kappa shape index (κ2) is 8.45. The predicted octanol–water partition coefficient (Wildman–Crippen LogP) is 3.29. The van der Waals surface area contributed by atoms with Crippen molar-refractivity contribution in [1.29, 1.82) is 0 Å². The second-order valence-corrected chi connectivity index (χ2v) is 7.43. The number of aliphatic carboxylic acids is 1. The summed E-state index contributed by atoms with van der Waals surface area (Å²) >= 11 is 0. The average Bonchev–Trinajstić information content (AvgIpc) is 2.77. The van der Waals surface area contributed by atoms with Gasteiger partial charge < -0.3 is 10.0 Å². The van der Waals surface area contributed by atoms with E-state index in [0.717, 1.165) is 16.3 Å². The molecule has 1 N–H and O–H groups in total. The molecule has 1 amide bonds. The summed E-state index contributed by atoms with van der Waals surface area (Å²) < 4.78 is 0. The van der Waals surface area contributed by atoms with E-state index in [1.54, 1.807) is 0 Å². The molecule has 0 aromatic heterocycles. The van der Waals surface area contributed by atoms with E-state index in [0.29, 0.717) is 38.2 Å². The van der Waals surface area contributed by atoms with Crippen LogP contribution in [0.1, 0.15) is 15.9 Å². The van der Waals surface area contributed by atoms with Gasteiger partial charge in [-0.3, -0.25) is 14.5 Å². The second-order valence-electron chi connectivity index (χ2n) is 7.43. The first kappa shape index (κ1) is 19.2. The Bertz CT molecular complexity index is 1010. The van der Waals surface area contributed by atoms with Crippen LogP contribution in [0.5, 0.6) is 0 Å². The van der Waals surface area contributed by atoms with E-state index < -0.39 is 12.0 Å². The number of rotatable bonds is 5. The Kier molecular flexibility index (Phi) is 5.58. The molecule has 5 nitrogen and oxygen atoms in total. The molecule has 0 spiro atoms. The van der Waals surface area contributed by atoms with Gasteiger partial charge in [0, 0.05) is 31.7 Å². The molecule has 0 saturated carbocycles. The molecule has 1 aliphatic heterocycles. The minimum atomic E-state index is -0.817. The highest BCUT2D eigenvalue weighted by atomic mass is 16.4. The summed E-state index contributed by atoms with van der Waals surface area (Å²) in [5.41, 5.74) is 1.69. The normalized spacial score (nSPS) is 15.9. The van der Waals surface area contributed by atoms with Crippen molar-refractivity contribution < 1.29 is 14.7 Å². The van der Waals surface area contributed by atoms with E-state index in [-0.39, 0.29) is 5.91 Å². The van der Waals surface area contributed by atoms with Crippen LogP contribution in [0.3, 0.4) is 0 Å². The molecule has 1 aliphatic rings. The molecule has 4 rings (SSSR count). The van der Waals surface area contributed by atoms with Gasteiger partial charge in [0.05, 0.1) is 0 Å². The van der Waals surface area contributed by atoms with Gasteiger partial charge in [-0.15, -0.1) is 0 Å². The van der Waals surface area contributed by atoms with Gasteiger partial charge in [0.25, 0.3) is 5.91 Å². The van der Waals surface area contributed by atoms with E-state index in [2.05, 4.69) is 0 Å². The molecule has 29 heavy (non-hydrogen) atoms. The number of amides is 1. The van der Waals surface area contributed by atoms with E-state index >= 15 is 0 Å². The van der Waals surface area contributed by atoms with Gasteiger partial charge in [0.2, 0.25) is 0 Å². The number of benzene rings is 3. The Morgan fingerprint density at radius 3 is 2.17 bits per heavy atom. The molecule has 1 atom stereocenters. The number of carbonyl (C=O) groups excluding carboxylic acids is 1. The summed E-state index contributed by atoms with van der Waals surface area (Å²) in [7, 11) is 0. The number of nitrogens with zero attached hydrogens (tertiary/aromatic N) is 2. The zero-order valence-electron chi connectivity index (χ0n) is 16.2. The number of carboxylic acids is 1. The molecule has 1 heterocycles. The van der Waals surface area contributed by atoms with Crippen LogP contribution >= 0.6 is 0 Å². The summed E-state index contributed by atoms with van der Waals surface area (Å²) in [5.74, 6) is -0.812. The standard InChI is InChI=1S/C24H24N2O3/c27-23(21-11-10-19-8-4-5-9-20(19)17-21)26-14-12-25(13-15-26)22(24(28)29)16-18-6-2-1-3-7-18/h1-11,17,22H,12-16H2,(H,28,29). The van der Waals surface area contributed by atoms with E-state index in [1.165, 1.54) is 0 Å². The lowest BCUT2D eigenvalue weighted by Crippen LogP contribution is -2.54. The number of carbonyl (C=O) groups is 2. The summed E-state index contributed by atoms with van der Waals surface area (Å²) in [6, 6.07) is 22.9. The third-order valence-corrected chi connectivity index (χ3v) is 5.60. The van der Waals surface area contributed by atoms with Crippen molar-refractivity contribution in [2.45, 2.75) is 12.5 Å². The third kappa shape index (κ3) is 4.30. The molecule has 5 heteroatoms. The summed E-state index contributed by atoms with van der Waals surface area (Å²) in [6.45, 7) is 2.18. The lowest BCUT2D eigenvalue weighted by atomic mass is 10.0.